The van der Waals surface area contributed by atoms with Gasteiger partial charge in [-0.3, -0.25) is 0 Å². The monoisotopic (exact) mass is 292 g/mol. The second-order valence-corrected chi connectivity index (χ2v) is 7.41. The zero-order chi connectivity index (χ0) is 14.6. The molecule has 0 saturated heterocycles. The zero-order valence-electron chi connectivity index (χ0n) is 11.7. The van der Waals surface area contributed by atoms with E-state index in [0.717, 1.165) is 5.92 Å². The fourth-order valence-corrected chi connectivity index (χ4v) is 3.59. The van der Waals surface area contributed by atoms with Crippen molar-refractivity contribution in [2.45, 2.75) is 37.1 Å². The van der Waals surface area contributed by atoms with Crippen LogP contribution in [0.1, 0.15) is 31.7 Å². The van der Waals surface area contributed by atoms with Crippen LogP contribution in [0.25, 0.3) is 0 Å². The molecule has 108 valence electrons. The summed E-state index contributed by atoms with van der Waals surface area (Å²) in [5, 5.41) is 12.0. The Morgan fingerprint density at radius 3 is 2.65 bits per heavy atom. The van der Waals surface area contributed by atoms with E-state index in [4.69, 9.17) is 5.26 Å². The molecule has 2 rings (SSSR count). The second kappa shape index (κ2) is 6.38. The van der Waals surface area contributed by atoms with Crippen molar-refractivity contribution in [3.05, 3.63) is 29.8 Å². The van der Waals surface area contributed by atoms with Crippen LogP contribution in [-0.2, 0) is 9.84 Å². The van der Waals surface area contributed by atoms with E-state index in [9.17, 15) is 8.42 Å². The Hall–Kier alpha value is -1.38. The molecule has 0 heterocycles. The van der Waals surface area contributed by atoms with Crippen LogP contribution in [0.15, 0.2) is 29.2 Å². The lowest BCUT2D eigenvalue weighted by atomic mass is 10.2. The first-order valence-electron chi connectivity index (χ1n) is 7.03. The maximum atomic E-state index is 12.1. The van der Waals surface area contributed by atoms with Gasteiger partial charge in [-0.1, -0.05) is 13.3 Å². The Morgan fingerprint density at radius 1 is 1.35 bits per heavy atom. The number of rotatable bonds is 7. The SMILES string of the molecule is CCCC1CC1NCCS(=O)(=O)c1ccc(C#N)cc1. The first kappa shape index (κ1) is 15.0. The van der Waals surface area contributed by atoms with Gasteiger partial charge in [0.25, 0.3) is 0 Å². The summed E-state index contributed by atoms with van der Waals surface area (Å²) in [6, 6.07) is 8.58. The van der Waals surface area contributed by atoms with Gasteiger partial charge in [-0.25, -0.2) is 8.42 Å². The molecule has 2 unspecified atom stereocenters. The first-order valence-corrected chi connectivity index (χ1v) is 8.68. The average Bonchev–Trinajstić information content (AvgIpc) is 3.17. The van der Waals surface area contributed by atoms with E-state index in [-0.39, 0.29) is 5.75 Å². The van der Waals surface area contributed by atoms with Crippen molar-refractivity contribution in [2.75, 3.05) is 12.3 Å². The molecule has 2 atom stereocenters. The van der Waals surface area contributed by atoms with Crippen LogP contribution in [0.5, 0.6) is 0 Å². The van der Waals surface area contributed by atoms with E-state index in [0.29, 0.717) is 23.0 Å². The molecule has 5 heteroatoms. The molecule has 0 aliphatic heterocycles. The Labute approximate surface area is 120 Å². The van der Waals surface area contributed by atoms with Gasteiger partial charge in [0, 0.05) is 12.6 Å². The summed E-state index contributed by atoms with van der Waals surface area (Å²) >= 11 is 0. The van der Waals surface area contributed by atoms with Gasteiger partial charge >= 0.3 is 0 Å². The summed E-state index contributed by atoms with van der Waals surface area (Å²) in [7, 11) is -3.25. The minimum Gasteiger partial charge on any atom is -0.313 e. The number of hydrogen-bond acceptors (Lipinski definition) is 4. The van der Waals surface area contributed by atoms with Crippen LogP contribution >= 0.6 is 0 Å². The highest BCUT2D eigenvalue weighted by Gasteiger charge is 2.35. The molecule has 20 heavy (non-hydrogen) atoms. The summed E-state index contributed by atoms with van der Waals surface area (Å²) < 4.78 is 24.2. The van der Waals surface area contributed by atoms with E-state index in [2.05, 4.69) is 12.2 Å². The fraction of sp³-hybridized carbons (Fsp3) is 0.533. The molecule has 1 fully saturated rings. The van der Waals surface area contributed by atoms with Gasteiger partial charge in [0.1, 0.15) is 0 Å². The van der Waals surface area contributed by atoms with Crippen molar-refractivity contribution in [3.63, 3.8) is 0 Å². The van der Waals surface area contributed by atoms with Crippen molar-refractivity contribution in [1.82, 2.24) is 5.32 Å². The van der Waals surface area contributed by atoms with Gasteiger partial charge in [-0.2, -0.15) is 5.26 Å². The molecule has 0 spiro atoms. The lowest BCUT2D eigenvalue weighted by Crippen LogP contribution is -2.26. The molecule has 0 radical (unpaired) electrons. The van der Waals surface area contributed by atoms with Gasteiger partial charge < -0.3 is 5.32 Å². The lowest BCUT2D eigenvalue weighted by Gasteiger charge is -2.06. The molecular weight excluding hydrogens is 272 g/mol. The fourth-order valence-electron chi connectivity index (χ4n) is 2.42. The number of nitrogens with zero attached hydrogens (tertiary/aromatic N) is 1. The molecule has 1 aliphatic carbocycles. The minimum absolute atomic E-state index is 0.105. The highest BCUT2D eigenvalue weighted by molar-refractivity contribution is 7.91. The van der Waals surface area contributed by atoms with Gasteiger partial charge in [-0.15, -0.1) is 0 Å². The number of nitrogens with one attached hydrogen (secondary N) is 1. The summed E-state index contributed by atoms with van der Waals surface area (Å²) in [6.45, 7) is 2.66. The Bertz CT molecular complexity index is 587. The third-order valence-corrected chi connectivity index (χ3v) is 5.43. The van der Waals surface area contributed by atoms with Crippen molar-refractivity contribution >= 4 is 9.84 Å². The number of hydrogen-bond donors (Lipinski definition) is 1. The molecule has 4 nitrogen and oxygen atoms in total. The van der Waals surface area contributed by atoms with Crippen LogP contribution in [-0.4, -0.2) is 26.8 Å². The van der Waals surface area contributed by atoms with E-state index in [1.165, 1.54) is 31.4 Å². The van der Waals surface area contributed by atoms with Crippen molar-refractivity contribution < 1.29 is 8.42 Å². The predicted molar refractivity (Wildman–Crippen MR) is 78.0 cm³/mol. The molecule has 0 aromatic heterocycles. The predicted octanol–water partition coefficient (Wildman–Crippen LogP) is 2.11. The molecule has 1 aromatic carbocycles. The maximum Gasteiger partial charge on any atom is 0.179 e. The van der Waals surface area contributed by atoms with E-state index in [1.54, 1.807) is 12.1 Å². The summed E-state index contributed by atoms with van der Waals surface area (Å²) in [5.74, 6) is 0.839. The van der Waals surface area contributed by atoms with Crippen LogP contribution in [0, 0.1) is 17.2 Å². The molecule has 1 saturated carbocycles. The molecule has 1 N–H and O–H groups in total. The summed E-state index contributed by atoms with van der Waals surface area (Å²) in [6.07, 6.45) is 3.58. The normalized spacial score (nSPS) is 21.4. The summed E-state index contributed by atoms with van der Waals surface area (Å²) in [4.78, 5) is 0.291. The second-order valence-electron chi connectivity index (χ2n) is 5.30. The quantitative estimate of drug-likeness (QED) is 0.835. The van der Waals surface area contributed by atoms with Crippen LogP contribution in [0.2, 0.25) is 0 Å². The maximum absolute atomic E-state index is 12.1. The highest BCUT2D eigenvalue weighted by Crippen LogP contribution is 2.34. The molecule has 0 bridgehead atoms. The lowest BCUT2D eigenvalue weighted by molar-refractivity contribution is 0.582. The minimum atomic E-state index is -3.25. The Morgan fingerprint density at radius 2 is 2.05 bits per heavy atom. The molecule has 0 amide bonds. The van der Waals surface area contributed by atoms with Crippen LogP contribution in [0.3, 0.4) is 0 Å². The van der Waals surface area contributed by atoms with Gasteiger partial charge in [-0.05, 0) is 43.0 Å². The van der Waals surface area contributed by atoms with Gasteiger partial charge in [0.15, 0.2) is 9.84 Å². The number of sulfone groups is 1. The summed E-state index contributed by atoms with van der Waals surface area (Å²) in [5.41, 5.74) is 0.475. The topological polar surface area (TPSA) is 70.0 Å². The van der Waals surface area contributed by atoms with E-state index in [1.807, 2.05) is 6.07 Å². The number of benzene rings is 1. The van der Waals surface area contributed by atoms with Gasteiger partial charge in [0.05, 0.1) is 22.3 Å². The first-order chi connectivity index (χ1) is 9.56. The standard InChI is InChI=1S/C15H20N2O2S/c1-2-3-13-10-15(13)17-8-9-20(18,19)14-6-4-12(11-16)5-7-14/h4-7,13,15,17H,2-3,8-10H2,1H3. The zero-order valence-corrected chi connectivity index (χ0v) is 12.5. The third kappa shape index (κ3) is 3.81. The van der Waals surface area contributed by atoms with Crippen molar-refractivity contribution in [1.29, 1.82) is 5.26 Å². The largest absolute Gasteiger partial charge is 0.313 e. The molecular formula is C15H20N2O2S. The molecule has 1 aliphatic rings. The Kier molecular flexibility index (Phi) is 4.79. The number of nitriles is 1. The average molecular weight is 292 g/mol. The van der Waals surface area contributed by atoms with E-state index >= 15 is 0 Å². The van der Waals surface area contributed by atoms with Crippen LogP contribution in [0.4, 0.5) is 0 Å². The van der Waals surface area contributed by atoms with E-state index < -0.39 is 9.84 Å². The van der Waals surface area contributed by atoms with Crippen LogP contribution < -0.4 is 5.32 Å². The smallest absolute Gasteiger partial charge is 0.179 e. The van der Waals surface area contributed by atoms with Gasteiger partial charge in [0.2, 0.25) is 0 Å². The Balaban J connectivity index is 1.83. The molecule has 1 aromatic rings. The van der Waals surface area contributed by atoms with Crippen molar-refractivity contribution in [3.8, 4) is 6.07 Å². The highest BCUT2D eigenvalue weighted by atomic mass is 32.2. The third-order valence-electron chi connectivity index (χ3n) is 3.70. The van der Waals surface area contributed by atoms with Crippen molar-refractivity contribution in [2.24, 2.45) is 5.92 Å².